The number of carbonyl (C=O) groups excluding carboxylic acids is 1. The Labute approximate surface area is 127 Å². The summed E-state index contributed by atoms with van der Waals surface area (Å²) in [4.78, 5) is 23.8. The molecule has 3 rings (SSSR count). The van der Waals surface area contributed by atoms with E-state index in [1.807, 2.05) is 6.92 Å². The molecule has 1 amide bonds. The van der Waals surface area contributed by atoms with E-state index in [9.17, 15) is 14.7 Å². The second-order valence-electron chi connectivity index (χ2n) is 5.29. The second-order valence-corrected chi connectivity index (χ2v) is 5.29. The van der Waals surface area contributed by atoms with Crippen LogP contribution in [0, 0.1) is 11.8 Å². The second kappa shape index (κ2) is 5.81. The van der Waals surface area contributed by atoms with Gasteiger partial charge in [-0.15, -0.1) is 0 Å². The van der Waals surface area contributed by atoms with Gasteiger partial charge in [0.05, 0.1) is 24.7 Å². The van der Waals surface area contributed by atoms with Crippen LogP contribution in [0.4, 0.5) is 5.69 Å². The van der Waals surface area contributed by atoms with Crippen molar-refractivity contribution in [3.05, 3.63) is 36.4 Å². The van der Waals surface area contributed by atoms with Gasteiger partial charge in [-0.2, -0.15) is 0 Å². The summed E-state index contributed by atoms with van der Waals surface area (Å²) >= 11 is 0. The number of rotatable bonds is 5. The molecule has 1 aromatic rings. The molecule has 0 unspecified atom stereocenters. The highest BCUT2D eigenvalue weighted by molar-refractivity contribution is 5.96. The van der Waals surface area contributed by atoms with Crippen LogP contribution in [0.3, 0.4) is 0 Å². The van der Waals surface area contributed by atoms with Crippen molar-refractivity contribution < 1.29 is 24.2 Å². The first kappa shape index (κ1) is 14.6. The molecule has 1 fully saturated rings. The molecule has 2 heterocycles. The topological polar surface area (TPSA) is 84.9 Å². The fraction of sp³-hybridized carbons (Fsp3) is 0.375. The summed E-state index contributed by atoms with van der Waals surface area (Å²) in [5, 5.41) is 12.1. The quantitative estimate of drug-likeness (QED) is 0.808. The van der Waals surface area contributed by atoms with Gasteiger partial charge >= 0.3 is 5.97 Å². The number of carboxylic acids is 1. The van der Waals surface area contributed by atoms with Crippen LogP contribution in [0.25, 0.3) is 0 Å². The maximum atomic E-state index is 12.4. The minimum atomic E-state index is -1.01. The van der Waals surface area contributed by atoms with E-state index in [1.165, 1.54) is 0 Å². The monoisotopic (exact) mass is 303 g/mol. The Hall–Kier alpha value is -2.34. The van der Waals surface area contributed by atoms with Crippen LogP contribution in [-0.2, 0) is 14.3 Å². The maximum absolute atomic E-state index is 12.4. The average Bonchev–Trinajstić information content (AvgIpc) is 3.10. The molecule has 6 heteroatoms. The van der Waals surface area contributed by atoms with Crippen LogP contribution in [0.5, 0.6) is 5.75 Å². The van der Waals surface area contributed by atoms with Gasteiger partial charge in [-0.1, -0.05) is 12.2 Å². The van der Waals surface area contributed by atoms with E-state index in [0.29, 0.717) is 12.3 Å². The van der Waals surface area contributed by atoms with E-state index in [4.69, 9.17) is 9.47 Å². The molecule has 2 bridgehead atoms. The lowest BCUT2D eigenvalue weighted by Gasteiger charge is -2.21. The molecular weight excluding hydrogens is 286 g/mol. The van der Waals surface area contributed by atoms with Crippen LogP contribution >= 0.6 is 0 Å². The van der Waals surface area contributed by atoms with E-state index in [-0.39, 0.29) is 5.91 Å². The molecule has 6 nitrogen and oxygen atoms in total. The number of ether oxygens (including phenoxy) is 2. The Balaban J connectivity index is 1.71. The SMILES string of the molecule is CCOc1ccc(NC(=O)[C@H]2[C@@H](C(=O)O)[C@@H]3C=C[C@H]2O3)cc1. The molecule has 116 valence electrons. The molecule has 0 radical (unpaired) electrons. The number of amides is 1. The number of hydrogen-bond donors (Lipinski definition) is 2. The van der Waals surface area contributed by atoms with Gasteiger partial charge in [-0.3, -0.25) is 9.59 Å². The van der Waals surface area contributed by atoms with Crippen molar-refractivity contribution in [2.24, 2.45) is 11.8 Å². The first-order valence-corrected chi connectivity index (χ1v) is 7.20. The lowest BCUT2D eigenvalue weighted by Crippen LogP contribution is -2.39. The average molecular weight is 303 g/mol. The lowest BCUT2D eigenvalue weighted by molar-refractivity contribution is -0.145. The molecule has 2 aliphatic heterocycles. The van der Waals surface area contributed by atoms with Crippen LogP contribution in [-0.4, -0.2) is 35.8 Å². The highest BCUT2D eigenvalue weighted by Crippen LogP contribution is 2.39. The van der Waals surface area contributed by atoms with Gasteiger partial charge in [0.1, 0.15) is 11.7 Å². The van der Waals surface area contributed by atoms with E-state index in [0.717, 1.165) is 5.75 Å². The Morgan fingerprint density at radius 3 is 2.41 bits per heavy atom. The zero-order chi connectivity index (χ0) is 15.7. The normalized spacial score (nSPS) is 28.6. The van der Waals surface area contributed by atoms with Gasteiger partial charge < -0.3 is 19.9 Å². The Bertz CT molecular complexity index is 609. The van der Waals surface area contributed by atoms with Gasteiger partial charge in [0, 0.05) is 5.69 Å². The minimum absolute atomic E-state index is 0.339. The number of benzene rings is 1. The molecule has 1 aromatic carbocycles. The van der Waals surface area contributed by atoms with Gasteiger partial charge in [0.25, 0.3) is 0 Å². The van der Waals surface area contributed by atoms with Crippen molar-refractivity contribution in [1.29, 1.82) is 0 Å². The third-order valence-electron chi connectivity index (χ3n) is 3.92. The first-order valence-electron chi connectivity index (χ1n) is 7.20. The van der Waals surface area contributed by atoms with Crippen molar-refractivity contribution in [3.63, 3.8) is 0 Å². The highest BCUT2D eigenvalue weighted by Gasteiger charge is 2.53. The minimum Gasteiger partial charge on any atom is -0.494 e. The van der Waals surface area contributed by atoms with E-state index >= 15 is 0 Å². The van der Waals surface area contributed by atoms with Gasteiger partial charge in [0.15, 0.2) is 0 Å². The largest absolute Gasteiger partial charge is 0.494 e. The summed E-state index contributed by atoms with van der Waals surface area (Å²) in [6.45, 7) is 2.46. The standard InChI is InChI=1S/C16H17NO5/c1-2-21-10-5-3-9(4-6-10)17-15(18)13-11-7-8-12(22-11)14(13)16(19)20/h3-8,11-14H,2H2,1H3,(H,17,18)(H,19,20)/t11-,12+,13-,14+/m1/s1. The van der Waals surface area contributed by atoms with Gasteiger partial charge in [-0.25, -0.2) is 0 Å². The molecule has 0 aromatic heterocycles. The summed E-state index contributed by atoms with van der Waals surface area (Å²) in [5.41, 5.74) is 0.601. The summed E-state index contributed by atoms with van der Waals surface area (Å²) in [5.74, 6) is -2.18. The zero-order valence-electron chi connectivity index (χ0n) is 12.1. The van der Waals surface area contributed by atoms with E-state index in [2.05, 4.69) is 5.32 Å². The third kappa shape index (κ3) is 2.57. The first-order chi connectivity index (χ1) is 10.6. The van der Waals surface area contributed by atoms with Crippen molar-refractivity contribution in [1.82, 2.24) is 0 Å². The Morgan fingerprint density at radius 2 is 1.82 bits per heavy atom. The predicted octanol–water partition coefficient (Wildman–Crippen LogP) is 1.68. The van der Waals surface area contributed by atoms with Crippen LogP contribution in [0.1, 0.15) is 6.92 Å². The van der Waals surface area contributed by atoms with Crippen molar-refractivity contribution >= 4 is 17.6 Å². The number of hydrogen-bond acceptors (Lipinski definition) is 4. The molecular formula is C16H17NO5. The summed E-state index contributed by atoms with van der Waals surface area (Å²) in [7, 11) is 0. The summed E-state index contributed by atoms with van der Waals surface area (Å²) in [6.07, 6.45) is 2.49. The highest BCUT2D eigenvalue weighted by atomic mass is 16.5. The van der Waals surface area contributed by atoms with Crippen molar-refractivity contribution in [2.75, 3.05) is 11.9 Å². The van der Waals surface area contributed by atoms with Crippen LogP contribution in [0.15, 0.2) is 36.4 Å². The molecule has 2 aliphatic rings. The molecule has 0 aliphatic carbocycles. The maximum Gasteiger partial charge on any atom is 0.310 e. The number of carbonyl (C=O) groups is 2. The predicted molar refractivity (Wildman–Crippen MR) is 78.7 cm³/mol. The lowest BCUT2D eigenvalue weighted by atomic mass is 9.82. The summed E-state index contributed by atoms with van der Waals surface area (Å²) < 4.78 is 10.8. The number of carboxylic acid groups (broad SMARTS) is 1. The van der Waals surface area contributed by atoms with Crippen molar-refractivity contribution in [2.45, 2.75) is 19.1 Å². The Morgan fingerprint density at radius 1 is 1.18 bits per heavy atom. The molecule has 1 saturated heterocycles. The molecule has 2 N–H and O–H groups in total. The van der Waals surface area contributed by atoms with E-state index < -0.39 is 30.0 Å². The van der Waals surface area contributed by atoms with Gasteiger partial charge in [0.2, 0.25) is 5.91 Å². The van der Waals surface area contributed by atoms with Crippen LogP contribution in [0.2, 0.25) is 0 Å². The van der Waals surface area contributed by atoms with E-state index in [1.54, 1.807) is 36.4 Å². The fourth-order valence-electron chi connectivity index (χ4n) is 2.94. The van der Waals surface area contributed by atoms with Crippen molar-refractivity contribution in [3.8, 4) is 5.75 Å². The number of nitrogens with one attached hydrogen (secondary N) is 1. The summed E-state index contributed by atoms with van der Waals surface area (Å²) in [6, 6.07) is 6.96. The molecule has 22 heavy (non-hydrogen) atoms. The Kier molecular flexibility index (Phi) is 3.85. The van der Waals surface area contributed by atoms with Gasteiger partial charge in [-0.05, 0) is 31.2 Å². The zero-order valence-corrected chi connectivity index (χ0v) is 12.1. The number of anilines is 1. The molecule has 0 saturated carbocycles. The molecule has 0 spiro atoms. The smallest absolute Gasteiger partial charge is 0.310 e. The number of aliphatic carboxylic acids is 1. The molecule has 4 atom stereocenters. The third-order valence-corrected chi connectivity index (χ3v) is 3.92. The number of fused-ring (bicyclic) bond motifs is 2. The van der Waals surface area contributed by atoms with Crippen LogP contribution < -0.4 is 10.1 Å². The fourth-order valence-corrected chi connectivity index (χ4v) is 2.94.